The van der Waals surface area contributed by atoms with Crippen molar-refractivity contribution in [3.8, 4) is 0 Å². The van der Waals surface area contributed by atoms with Crippen LogP contribution in [0, 0.1) is 0 Å². The zero-order valence-electron chi connectivity index (χ0n) is 6.08. The fourth-order valence-corrected chi connectivity index (χ4v) is 1.04. The molecule has 58 valence electrons. The molecule has 3 heteroatoms. The Morgan fingerprint density at radius 2 is 2.50 bits per heavy atom. The van der Waals surface area contributed by atoms with E-state index in [1.54, 1.807) is 0 Å². The van der Waals surface area contributed by atoms with Gasteiger partial charge in [0.15, 0.2) is 6.29 Å². The second-order valence-corrected chi connectivity index (χ2v) is 2.27. The maximum absolute atomic E-state index is 10.2. The molecule has 2 atom stereocenters. The van der Waals surface area contributed by atoms with Crippen molar-refractivity contribution in [1.82, 2.24) is 0 Å². The number of hydrogen-bond acceptors (Lipinski definition) is 3. The summed E-state index contributed by atoms with van der Waals surface area (Å²) in [5, 5.41) is 0. The molecular weight excluding hydrogens is 132 g/mol. The first kappa shape index (κ1) is 7.69. The van der Waals surface area contributed by atoms with Crippen molar-refractivity contribution in [3.05, 3.63) is 0 Å². The number of ether oxygens (including phenoxy) is 2. The minimum Gasteiger partial charge on any atom is -0.353 e. The molecule has 1 aliphatic heterocycles. The topological polar surface area (TPSA) is 35.5 Å². The number of hydrogen-bond donors (Lipinski definition) is 0. The number of rotatable bonds is 3. The van der Waals surface area contributed by atoms with Gasteiger partial charge in [0.05, 0.1) is 0 Å². The lowest BCUT2D eigenvalue weighted by molar-refractivity contribution is -0.143. The van der Waals surface area contributed by atoms with E-state index < -0.39 is 0 Å². The summed E-state index contributed by atoms with van der Waals surface area (Å²) in [5.41, 5.74) is 0. The molecule has 10 heavy (non-hydrogen) atoms. The normalized spacial score (nSPS) is 32.5. The first-order chi connectivity index (χ1) is 4.86. The Bertz CT molecular complexity index is 113. The lowest BCUT2D eigenvalue weighted by Gasteiger charge is -2.08. The summed E-state index contributed by atoms with van der Waals surface area (Å²) in [6.07, 6.45) is 2.11. The fourth-order valence-electron chi connectivity index (χ4n) is 1.04. The van der Waals surface area contributed by atoms with Gasteiger partial charge in [-0.2, -0.15) is 0 Å². The van der Waals surface area contributed by atoms with E-state index >= 15 is 0 Å². The third kappa shape index (κ3) is 1.78. The lowest BCUT2D eigenvalue weighted by Crippen LogP contribution is -2.14. The van der Waals surface area contributed by atoms with Crippen LogP contribution >= 0.6 is 0 Å². The van der Waals surface area contributed by atoms with Crippen molar-refractivity contribution in [3.63, 3.8) is 0 Å². The highest BCUT2D eigenvalue weighted by Crippen LogP contribution is 2.18. The maximum Gasteiger partial charge on any atom is 0.158 e. The molecule has 0 aromatic rings. The van der Waals surface area contributed by atoms with Crippen molar-refractivity contribution in [2.45, 2.75) is 32.2 Å². The first-order valence-electron chi connectivity index (χ1n) is 3.59. The third-order valence-corrected chi connectivity index (χ3v) is 1.52. The molecule has 0 bridgehead atoms. The minimum absolute atomic E-state index is 0.139. The minimum atomic E-state index is -0.225. The monoisotopic (exact) mass is 144 g/mol. The molecule has 1 rings (SSSR count). The average molecular weight is 144 g/mol. The molecule has 3 nitrogen and oxygen atoms in total. The Morgan fingerprint density at radius 1 is 1.70 bits per heavy atom. The van der Waals surface area contributed by atoms with E-state index in [2.05, 4.69) is 0 Å². The standard InChI is InChI=1S/C7H12O3/c1-2-9-7-4-3-6(5-8)10-7/h5-7H,2-4H2,1H3. The predicted octanol–water partition coefficient (Wildman–Crippen LogP) is 0.727. The molecule has 1 saturated heterocycles. The summed E-state index contributed by atoms with van der Waals surface area (Å²) in [6.45, 7) is 2.56. The summed E-state index contributed by atoms with van der Waals surface area (Å²) in [7, 11) is 0. The van der Waals surface area contributed by atoms with Crippen LogP contribution in [0.5, 0.6) is 0 Å². The van der Waals surface area contributed by atoms with Gasteiger partial charge in [-0.3, -0.25) is 0 Å². The molecule has 0 aliphatic carbocycles. The van der Waals surface area contributed by atoms with E-state index in [1.807, 2.05) is 6.92 Å². The van der Waals surface area contributed by atoms with Crippen LogP contribution in [-0.2, 0) is 14.3 Å². The van der Waals surface area contributed by atoms with Crippen LogP contribution in [-0.4, -0.2) is 25.3 Å². The Hall–Kier alpha value is -0.410. The van der Waals surface area contributed by atoms with Crippen molar-refractivity contribution < 1.29 is 14.3 Å². The van der Waals surface area contributed by atoms with E-state index in [1.165, 1.54) is 0 Å². The summed E-state index contributed by atoms with van der Waals surface area (Å²) < 4.78 is 10.3. The summed E-state index contributed by atoms with van der Waals surface area (Å²) in [5.74, 6) is 0. The molecule has 2 unspecified atom stereocenters. The molecule has 1 heterocycles. The van der Waals surface area contributed by atoms with Gasteiger partial charge in [-0.05, 0) is 13.3 Å². The molecule has 0 N–H and O–H groups in total. The van der Waals surface area contributed by atoms with Gasteiger partial charge < -0.3 is 14.3 Å². The Kier molecular flexibility index (Phi) is 2.83. The van der Waals surface area contributed by atoms with Gasteiger partial charge in [0.1, 0.15) is 12.4 Å². The molecule has 0 aromatic carbocycles. The zero-order chi connectivity index (χ0) is 7.40. The van der Waals surface area contributed by atoms with Gasteiger partial charge >= 0.3 is 0 Å². The Balaban J connectivity index is 2.21. The van der Waals surface area contributed by atoms with Crippen molar-refractivity contribution in [2.75, 3.05) is 6.61 Å². The van der Waals surface area contributed by atoms with Crippen LogP contribution in [0.2, 0.25) is 0 Å². The second kappa shape index (κ2) is 3.68. The summed E-state index contributed by atoms with van der Waals surface area (Å²) in [6, 6.07) is 0. The van der Waals surface area contributed by atoms with Gasteiger partial charge in [-0.15, -0.1) is 0 Å². The van der Waals surface area contributed by atoms with E-state index in [9.17, 15) is 4.79 Å². The van der Waals surface area contributed by atoms with Gasteiger partial charge in [0.2, 0.25) is 0 Å². The highest BCUT2D eigenvalue weighted by Gasteiger charge is 2.24. The van der Waals surface area contributed by atoms with Crippen LogP contribution in [0.15, 0.2) is 0 Å². The average Bonchev–Trinajstić information content (AvgIpc) is 2.37. The van der Waals surface area contributed by atoms with E-state index in [0.717, 1.165) is 19.1 Å². The van der Waals surface area contributed by atoms with Gasteiger partial charge in [-0.1, -0.05) is 0 Å². The Morgan fingerprint density at radius 3 is 3.00 bits per heavy atom. The number of carbonyl (C=O) groups excluding carboxylic acids is 1. The Labute approximate surface area is 60.3 Å². The number of aldehydes is 1. The smallest absolute Gasteiger partial charge is 0.158 e. The van der Waals surface area contributed by atoms with E-state index in [-0.39, 0.29) is 12.4 Å². The van der Waals surface area contributed by atoms with Crippen LogP contribution in [0.1, 0.15) is 19.8 Å². The predicted molar refractivity (Wildman–Crippen MR) is 35.6 cm³/mol. The molecular formula is C7H12O3. The summed E-state index contributed by atoms with van der Waals surface area (Å²) >= 11 is 0. The maximum atomic E-state index is 10.2. The van der Waals surface area contributed by atoms with Gasteiger partial charge in [0, 0.05) is 13.0 Å². The largest absolute Gasteiger partial charge is 0.353 e. The number of carbonyl (C=O) groups is 1. The van der Waals surface area contributed by atoms with Crippen molar-refractivity contribution in [1.29, 1.82) is 0 Å². The highest BCUT2D eigenvalue weighted by molar-refractivity contribution is 5.56. The summed E-state index contributed by atoms with van der Waals surface area (Å²) in [4.78, 5) is 10.2. The molecule has 0 spiro atoms. The molecule has 0 aromatic heterocycles. The van der Waals surface area contributed by atoms with Crippen molar-refractivity contribution in [2.24, 2.45) is 0 Å². The SMILES string of the molecule is CCOC1CCC(C=O)O1. The van der Waals surface area contributed by atoms with E-state index in [4.69, 9.17) is 9.47 Å². The molecule has 0 amide bonds. The molecule has 0 radical (unpaired) electrons. The molecule has 1 aliphatic rings. The lowest BCUT2D eigenvalue weighted by atomic mass is 10.2. The zero-order valence-corrected chi connectivity index (χ0v) is 6.08. The van der Waals surface area contributed by atoms with E-state index in [0.29, 0.717) is 6.61 Å². The molecule has 0 saturated carbocycles. The van der Waals surface area contributed by atoms with Crippen LogP contribution in [0.25, 0.3) is 0 Å². The second-order valence-electron chi connectivity index (χ2n) is 2.27. The molecule has 1 fully saturated rings. The first-order valence-corrected chi connectivity index (χ1v) is 3.59. The quantitative estimate of drug-likeness (QED) is 0.548. The third-order valence-electron chi connectivity index (χ3n) is 1.52. The van der Waals surface area contributed by atoms with Gasteiger partial charge in [-0.25, -0.2) is 0 Å². The fraction of sp³-hybridized carbons (Fsp3) is 0.857. The van der Waals surface area contributed by atoms with Gasteiger partial charge in [0.25, 0.3) is 0 Å². The highest BCUT2D eigenvalue weighted by atomic mass is 16.7. The van der Waals surface area contributed by atoms with Crippen molar-refractivity contribution >= 4 is 6.29 Å². The van der Waals surface area contributed by atoms with Crippen LogP contribution in [0.3, 0.4) is 0 Å². The van der Waals surface area contributed by atoms with Crippen LogP contribution < -0.4 is 0 Å². The van der Waals surface area contributed by atoms with Crippen LogP contribution in [0.4, 0.5) is 0 Å².